The summed E-state index contributed by atoms with van der Waals surface area (Å²) in [5, 5.41) is 12.5. The Morgan fingerprint density at radius 3 is 1.63 bits per heavy atom. The average Bonchev–Trinajstić information content (AvgIpc) is 1.60. The monoisotopic (exact) mass is 1480 g/mol. The number of carbonyl (C=O) groups is 9. The van der Waals surface area contributed by atoms with E-state index in [0.717, 1.165) is 44.6 Å². The van der Waals surface area contributed by atoms with Gasteiger partial charge in [-0.2, -0.15) is 0 Å². The molecule has 1 aromatic heterocycles. The van der Waals surface area contributed by atoms with E-state index in [9.17, 15) is 51.6 Å². The second-order valence-electron chi connectivity index (χ2n) is 26.7. The number of cyclic esters (lactones) is 2. The maximum Gasteiger partial charge on any atom is 0.418 e. The van der Waals surface area contributed by atoms with E-state index in [-0.39, 0.29) is 63.0 Å². The van der Waals surface area contributed by atoms with Crippen LogP contribution in [0.25, 0.3) is 0 Å². The molecule has 4 unspecified atom stereocenters. The van der Waals surface area contributed by atoms with Crippen LogP contribution in [0.2, 0.25) is 10.0 Å². The average molecular weight is 1480 g/mol. The molecule has 0 aliphatic carbocycles. The van der Waals surface area contributed by atoms with Crippen molar-refractivity contribution in [1.82, 2.24) is 15.0 Å². The highest BCUT2D eigenvalue weighted by Gasteiger charge is 2.55. The number of hydrogen-bond donors (Lipinski definition) is 3. The van der Waals surface area contributed by atoms with Crippen LogP contribution in [0.4, 0.5) is 26.7 Å². The van der Waals surface area contributed by atoms with Crippen LogP contribution in [-0.4, -0.2) is 126 Å². The summed E-state index contributed by atoms with van der Waals surface area (Å²) in [6.07, 6.45) is 33.3. The highest BCUT2D eigenvalue weighted by Crippen LogP contribution is 2.34. The van der Waals surface area contributed by atoms with Gasteiger partial charge in [0.1, 0.15) is 5.75 Å². The normalized spacial score (nSPS) is 16.1. The van der Waals surface area contributed by atoms with Gasteiger partial charge in [0, 0.05) is 12.5 Å². The molecule has 4 atom stereocenters. The molecule has 0 saturated carbocycles. The summed E-state index contributed by atoms with van der Waals surface area (Å²) in [5.41, 5.74) is -0.982. The van der Waals surface area contributed by atoms with Crippen LogP contribution in [0.15, 0.2) is 87.5 Å². The Labute approximate surface area is 610 Å². The molecule has 0 bridgehead atoms. The molecule has 24 nitrogen and oxygen atoms in total. The van der Waals surface area contributed by atoms with Crippen LogP contribution < -0.4 is 20.1 Å². The van der Waals surface area contributed by atoms with Crippen molar-refractivity contribution in [3.8, 4) is 5.75 Å². The minimum atomic E-state index is -4.25. The van der Waals surface area contributed by atoms with Crippen molar-refractivity contribution >= 4 is 109 Å². The van der Waals surface area contributed by atoms with Gasteiger partial charge >= 0.3 is 18.2 Å². The number of rotatable bonds is 47. The van der Waals surface area contributed by atoms with Crippen LogP contribution in [0.3, 0.4) is 0 Å². The van der Waals surface area contributed by atoms with Crippen molar-refractivity contribution in [2.24, 2.45) is 5.16 Å². The zero-order valence-electron chi connectivity index (χ0n) is 60.0. The number of halogens is 2. The summed E-state index contributed by atoms with van der Waals surface area (Å²) in [7, 11) is -4.25. The number of para-hydroxylation sites is 1. The molecule has 27 heteroatoms. The van der Waals surface area contributed by atoms with Crippen molar-refractivity contribution in [1.29, 1.82) is 0 Å². The number of carbonyl (C=O) groups excluding carboxylic acids is 9. The third-order valence-corrected chi connectivity index (χ3v) is 19.8. The third-order valence-electron chi connectivity index (χ3n) is 17.8. The van der Waals surface area contributed by atoms with Gasteiger partial charge in [-0.05, 0) is 89.1 Å². The molecule has 3 N–H and O–H groups in total. The molecular weight excluding hydrogens is 1370 g/mol. The molecule has 560 valence electrons. The number of esters is 1. The lowest BCUT2D eigenvalue weighted by molar-refractivity contribution is -0.145. The number of benzene rings is 3. The van der Waals surface area contributed by atoms with Crippen LogP contribution in [0.5, 0.6) is 5.75 Å². The molecule has 3 aliphatic rings. The van der Waals surface area contributed by atoms with Gasteiger partial charge in [-0.3, -0.25) is 33.5 Å². The van der Waals surface area contributed by atoms with Gasteiger partial charge in [0.2, 0.25) is 17.3 Å². The highest BCUT2D eigenvalue weighted by molar-refractivity contribution is 7.92. The molecule has 102 heavy (non-hydrogen) atoms. The van der Waals surface area contributed by atoms with E-state index in [1.54, 1.807) is 19.1 Å². The first-order valence-electron chi connectivity index (χ1n) is 36.4. The Morgan fingerprint density at radius 2 is 1.14 bits per heavy atom. The van der Waals surface area contributed by atoms with E-state index >= 15 is 0 Å². The lowest BCUT2D eigenvalue weighted by Crippen LogP contribution is -2.55. The Kier molecular flexibility index (Phi) is 35.2. The second kappa shape index (κ2) is 43.3. The van der Waals surface area contributed by atoms with E-state index in [0.29, 0.717) is 21.9 Å². The Hall–Kier alpha value is -7.90. The minimum Gasteiger partial charge on any atom is -0.491 e. The van der Waals surface area contributed by atoms with E-state index in [2.05, 4.69) is 39.5 Å². The predicted octanol–water partition coefficient (Wildman–Crippen LogP) is 17.1. The number of oxime groups is 1. The van der Waals surface area contributed by atoms with Gasteiger partial charge in [0.15, 0.2) is 29.9 Å². The smallest absolute Gasteiger partial charge is 0.418 e. The quantitative estimate of drug-likeness (QED) is 0.0122. The van der Waals surface area contributed by atoms with Crippen molar-refractivity contribution < 1.29 is 79.9 Å². The molecule has 7 rings (SSSR count). The largest absolute Gasteiger partial charge is 0.491 e. The van der Waals surface area contributed by atoms with Gasteiger partial charge < -0.3 is 38.9 Å². The second-order valence-corrected chi connectivity index (χ2v) is 29.2. The number of ketones is 2. The SMILES string of the molecule is CCCCCCCCCCCCCCCCCCOc1ccc(S(=O)(=O)Nc2ccccc2Cl)cc1NC(=O)C(C(=O)c1ccno1)N1C(=O)OC(C)(C)C1=O.CCCCCCCCCCCCCCCCOC(=O)c1ccc(Cl)c(NC(=O)C(C(=O)C2CC(C)=NO2)N2C(=O)OC(C)C2=O)c1. The summed E-state index contributed by atoms with van der Waals surface area (Å²) in [6, 6.07) is 11.5. The molecule has 0 radical (unpaired) electrons. The van der Waals surface area contributed by atoms with Crippen molar-refractivity contribution in [3.63, 3.8) is 0 Å². The van der Waals surface area contributed by atoms with Gasteiger partial charge in [-0.15, -0.1) is 0 Å². The summed E-state index contributed by atoms with van der Waals surface area (Å²) in [6.45, 7) is 10.6. The molecule has 4 aromatic rings. The first-order valence-corrected chi connectivity index (χ1v) is 38.6. The van der Waals surface area contributed by atoms with Gasteiger partial charge in [-0.25, -0.2) is 32.6 Å². The maximum absolute atomic E-state index is 14.0. The number of unbranched alkanes of at least 4 members (excludes halogenated alkanes) is 28. The fourth-order valence-electron chi connectivity index (χ4n) is 11.9. The summed E-state index contributed by atoms with van der Waals surface area (Å²) in [5.74, 6) is -6.72. The van der Waals surface area contributed by atoms with Crippen LogP contribution >= 0.6 is 23.2 Å². The van der Waals surface area contributed by atoms with E-state index in [4.69, 9.17) is 51.5 Å². The zero-order chi connectivity index (χ0) is 74.0. The van der Waals surface area contributed by atoms with Gasteiger partial charge in [-0.1, -0.05) is 239 Å². The van der Waals surface area contributed by atoms with Crippen molar-refractivity contribution in [2.75, 3.05) is 28.6 Å². The van der Waals surface area contributed by atoms with Crippen LogP contribution in [0, 0.1) is 0 Å². The summed E-state index contributed by atoms with van der Waals surface area (Å²) in [4.78, 5) is 124. The van der Waals surface area contributed by atoms with Gasteiger partial charge in [0.25, 0.3) is 33.7 Å². The highest BCUT2D eigenvalue weighted by atomic mass is 35.5. The number of hydrogen-bond acceptors (Lipinski definition) is 19. The predicted molar refractivity (Wildman–Crippen MR) is 389 cm³/mol. The summed E-state index contributed by atoms with van der Waals surface area (Å²) < 4.78 is 55.9. The molecule has 6 amide bonds. The first kappa shape index (κ1) is 83.1. The zero-order valence-corrected chi connectivity index (χ0v) is 62.3. The minimum absolute atomic E-state index is 0.00300. The van der Waals surface area contributed by atoms with Crippen molar-refractivity contribution in [3.05, 3.63) is 94.3 Å². The van der Waals surface area contributed by atoms with Gasteiger partial charge in [0.05, 0.1) is 62.7 Å². The van der Waals surface area contributed by atoms with E-state index in [1.807, 2.05) is 0 Å². The Balaban J connectivity index is 0.000000327. The number of anilines is 3. The molecule has 0 spiro atoms. The molecule has 4 heterocycles. The number of nitrogens with zero attached hydrogens (tertiary/aromatic N) is 4. The number of amides is 6. The Bertz CT molecular complexity index is 3570. The number of sulfonamides is 1. The third kappa shape index (κ3) is 26.1. The number of nitrogens with one attached hydrogen (secondary N) is 3. The molecule has 3 aliphatic heterocycles. The fourth-order valence-corrected chi connectivity index (χ4v) is 13.4. The van der Waals surface area contributed by atoms with E-state index < -0.39 is 99.0 Å². The van der Waals surface area contributed by atoms with Crippen LogP contribution in [0.1, 0.15) is 262 Å². The topological polar surface area (TPSA) is 315 Å². The lowest BCUT2D eigenvalue weighted by atomic mass is 10.0. The Morgan fingerprint density at radius 1 is 0.618 bits per heavy atom. The standard InChI is InChI=1S/C41H55ClN4O9S.C34H48ClN3O8/c1-4-5-6-7-8-9-10-11-12-13-14-15-16-17-18-21-28-53-34-25-24-30(56(51,52)45-32-23-20-19-22-31(32)42)29-33(34)44-38(48)36(37(47)35-26-27-43-55-35)46-39(49)41(2,3)54-40(46)50;1-4-5-6-7-8-9-10-11-12-13-14-15-16-17-20-44-33(42)25-18-19-26(35)27(22-25)36-31(40)29(30(39)28-21-23(2)37-46-28)38-32(41)24(3)45-34(38)43/h19-20,22-27,29,36,45H,4-18,21,28H2,1-3H3,(H,44,48);18-19,22,24,28-29H,4-17,20-21H2,1-3H3,(H,36,40). The number of imide groups is 2. The fraction of sp³-hybridized carbons (Fsp3) is 0.587. The molecular formula is C75H103Cl2N7O17S. The number of ether oxygens (including phenoxy) is 4. The molecule has 2 fully saturated rings. The summed E-state index contributed by atoms with van der Waals surface area (Å²) >= 11 is 12.5. The molecule has 2 saturated heterocycles. The maximum atomic E-state index is 14.0. The first-order chi connectivity index (χ1) is 49.0. The molecule has 3 aromatic carbocycles. The van der Waals surface area contributed by atoms with Crippen molar-refractivity contribution in [2.45, 2.75) is 275 Å². The lowest BCUT2D eigenvalue weighted by Gasteiger charge is -2.24. The van der Waals surface area contributed by atoms with Crippen LogP contribution in [-0.2, 0) is 53.0 Å². The number of aromatic nitrogens is 1. The van der Waals surface area contributed by atoms with E-state index in [1.165, 1.54) is 223 Å². The number of Topliss-reactive ketones (excluding diaryl/α,β-unsaturated/α-hetero) is 2.